The molecule has 212 valence electrons. The molecule has 0 N–H and O–H groups in total. The Balaban J connectivity index is 0.00000202. The van der Waals surface area contributed by atoms with E-state index in [4.69, 9.17) is 9.97 Å². The molecule has 0 aliphatic rings. The smallest absolute Gasteiger partial charge is 0.0239 e. The van der Waals surface area contributed by atoms with Crippen LogP contribution in [0.5, 0.6) is 0 Å². The van der Waals surface area contributed by atoms with Crippen molar-refractivity contribution in [2.45, 2.75) is 13.8 Å². The molecule has 0 aliphatic heterocycles. The zero-order valence-corrected chi connectivity index (χ0v) is 30.7. The number of benzene rings is 4. The number of aryl methyl sites for hydroxylation is 2. The Hall–Kier alpha value is -2.56. The van der Waals surface area contributed by atoms with Gasteiger partial charge in [-0.15, -0.1) is 59.7 Å². The Labute approximate surface area is 291 Å². The normalized spacial score (nSPS) is 10.5. The van der Waals surface area contributed by atoms with Gasteiger partial charge in [0.05, 0.1) is 0 Å². The molecule has 0 unspecified atom stereocenters. The van der Waals surface area contributed by atoms with Crippen LogP contribution in [0.4, 0.5) is 0 Å². The first kappa shape index (κ1) is 32.4. The zero-order valence-electron chi connectivity index (χ0n) is 22.7. The van der Waals surface area contributed by atoms with E-state index in [-0.39, 0.29) is 40.2 Å². The standard InChI is InChI=1S/C36H24Br2N2.2Ir/c1-23-16-24(2)18-29(17-23)36-32(27-12-14-34(39-21-27)25-6-3-8-30(37)19-25)10-5-11-33(36)28-13-15-35(40-22-28)26-7-4-9-31(38)20-26;;/h3-5,8-22H,1-2H3;;/q-2;;. The Bertz CT molecular complexity index is 1710. The first-order valence-corrected chi connectivity index (χ1v) is 14.5. The molecule has 0 spiro atoms. The number of hydrogen-bond acceptors (Lipinski definition) is 2. The fraction of sp³-hybridized carbons (Fsp3) is 0.0556. The third kappa shape index (κ3) is 7.14. The maximum absolute atomic E-state index is 4.82. The van der Waals surface area contributed by atoms with Crippen molar-refractivity contribution < 1.29 is 40.2 Å². The van der Waals surface area contributed by atoms with Crippen LogP contribution in [0.3, 0.4) is 0 Å². The second kappa shape index (κ2) is 14.3. The second-order valence-electron chi connectivity index (χ2n) is 9.81. The summed E-state index contributed by atoms with van der Waals surface area (Å²) < 4.78 is 2.02. The van der Waals surface area contributed by atoms with Gasteiger partial charge in [0.2, 0.25) is 0 Å². The molecular weight excluding hydrogens is 1000 g/mol. The van der Waals surface area contributed by atoms with Gasteiger partial charge < -0.3 is 9.97 Å². The minimum Gasteiger partial charge on any atom is -0.304 e. The van der Waals surface area contributed by atoms with Crippen LogP contribution in [0.15, 0.2) is 118 Å². The van der Waals surface area contributed by atoms with Gasteiger partial charge in [-0.2, -0.15) is 0 Å². The number of halogens is 2. The maximum Gasteiger partial charge on any atom is 0.0239 e. The van der Waals surface area contributed by atoms with Crippen molar-refractivity contribution in [2.75, 3.05) is 0 Å². The largest absolute Gasteiger partial charge is 0.304 e. The summed E-state index contributed by atoms with van der Waals surface area (Å²) in [6, 6.07) is 40.0. The van der Waals surface area contributed by atoms with Gasteiger partial charge in [-0.25, -0.2) is 0 Å². The summed E-state index contributed by atoms with van der Waals surface area (Å²) in [7, 11) is 0. The van der Waals surface area contributed by atoms with Crippen LogP contribution < -0.4 is 0 Å². The molecule has 0 saturated heterocycles. The fourth-order valence-corrected chi connectivity index (χ4v) is 5.78. The van der Waals surface area contributed by atoms with E-state index in [1.165, 1.54) is 22.3 Å². The SMILES string of the molecule is Cc1cc(C)cc(-c2c(-c3ccc(-c4[c-]ccc(Br)c4)nc3)cccc2-c2ccc(-c3[c-]ccc(Br)c3)nc2)c1.[Ir].[Ir]. The summed E-state index contributed by atoms with van der Waals surface area (Å²) in [5, 5.41) is 0. The van der Waals surface area contributed by atoms with Gasteiger partial charge >= 0.3 is 0 Å². The van der Waals surface area contributed by atoms with E-state index in [0.717, 1.165) is 53.7 Å². The van der Waals surface area contributed by atoms with E-state index < -0.39 is 0 Å². The van der Waals surface area contributed by atoms with Gasteiger partial charge in [-0.05, 0) is 58.6 Å². The van der Waals surface area contributed by atoms with Crippen molar-refractivity contribution in [1.29, 1.82) is 0 Å². The molecule has 0 amide bonds. The molecule has 4 aromatic carbocycles. The summed E-state index contributed by atoms with van der Waals surface area (Å²) in [5.74, 6) is 0. The predicted molar refractivity (Wildman–Crippen MR) is 172 cm³/mol. The van der Waals surface area contributed by atoms with Crippen LogP contribution in [0, 0.1) is 26.0 Å². The van der Waals surface area contributed by atoms with Crippen molar-refractivity contribution >= 4 is 31.9 Å². The van der Waals surface area contributed by atoms with Crippen molar-refractivity contribution in [3.05, 3.63) is 142 Å². The second-order valence-corrected chi connectivity index (χ2v) is 11.6. The molecule has 2 aromatic heterocycles. The third-order valence-corrected chi connectivity index (χ3v) is 7.79. The summed E-state index contributed by atoms with van der Waals surface area (Å²) in [6.45, 7) is 4.29. The predicted octanol–water partition coefficient (Wildman–Crippen LogP) is 10.5. The molecular formula is C36H24Br2Ir2N2-2. The molecule has 2 radical (unpaired) electrons. The van der Waals surface area contributed by atoms with Gasteiger partial charge in [0.1, 0.15) is 0 Å². The number of nitrogens with zero attached hydrogens (tertiary/aromatic N) is 2. The van der Waals surface area contributed by atoms with Crippen LogP contribution in [-0.2, 0) is 40.2 Å². The summed E-state index contributed by atoms with van der Waals surface area (Å²) >= 11 is 7.10. The van der Waals surface area contributed by atoms with Crippen LogP contribution in [0.1, 0.15) is 11.1 Å². The topological polar surface area (TPSA) is 25.8 Å². The molecule has 42 heavy (non-hydrogen) atoms. The zero-order chi connectivity index (χ0) is 27.6. The van der Waals surface area contributed by atoms with Gasteiger partial charge in [0, 0.05) is 52.6 Å². The Morgan fingerprint density at radius 3 is 1.43 bits per heavy atom. The van der Waals surface area contributed by atoms with E-state index >= 15 is 0 Å². The third-order valence-electron chi connectivity index (χ3n) is 6.80. The van der Waals surface area contributed by atoms with Gasteiger partial charge in [0.25, 0.3) is 0 Å². The van der Waals surface area contributed by atoms with Crippen LogP contribution in [0.25, 0.3) is 55.9 Å². The number of pyridine rings is 2. The van der Waals surface area contributed by atoms with Crippen LogP contribution >= 0.6 is 31.9 Å². The average Bonchev–Trinajstić information content (AvgIpc) is 2.96. The van der Waals surface area contributed by atoms with E-state index in [1.54, 1.807) is 0 Å². The van der Waals surface area contributed by atoms with Crippen molar-refractivity contribution in [3.8, 4) is 55.9 Å². The molecule has 6 heteroatoms. The summed E-state index contributed by atoms with van der Waals surface area (Å²) in [4.78, 5) is 9.64. The van der Waals surface area contributed by atoms with Gasteiger partial charge in [0.15, 0.2) is 0 Å². The van der Waals surface area contributed by atoms with E-state index in [1.807, 2.05) is 48.8 Å². The summed E-state index contributed by atoms with van der Waals surface area (Å²) in [5.41, 5.74) is 12.9. The van der Waals surface area contributed by atoms with E-state index in [2.05, 4.69) is 119 Å². The molecule has 0 saturated carbocycles. The van der Waals surface area contributed by atoms with E-state index in [9.17, 15) is 0 Å². The van der Waals surface area contributed by atoms with Crippen molar-refractivity contribution in [1.82, 2.24) is 9.97 Å². The first-order valence-electron chi connectivity index (χ1n) is 12.9. The number of aromatic nitrogens is 2. The average molecular weight is 1030 g/mol. The monoisotopic (exact) mass is 1030 g/mol. The minimum atomic E-state index is 0. The van der Waals surface area contributed by atoms with Crippen LogP contribution in [0.2, 0.25) is 0 Å². The minimum absolute atomic E-state index is 0. The molecule has 6 rings (SSSR count). The van der Waals surface area contributed by atoms with Crippen molar-refractivity contribution in [2.24, 2.45) is 0 Å². The van der Waals surface area contributed by atoms with E-state index in [0.29, 0.717) is 0 Å². The molecule has 0 bridgehead atoms. The summed E-state index contributed by atoms with van der Waals surface area (Å²) in [6.07, 6.45) is 3.92. The Morgan fingerprint density at radius 2 is 1.02 bits per heavy atom. The molecule has 0 atom stereocenters. The van der Waals surface area contributed by atoms with Gasteiger partial charge in [-0.1, -0.05) is 113 Å². The quantitative estimate of drug-likeness (QED) is 0.161. The van der Waals surface area contributed by atoms with Crippen molar-refractivity contribution in [3.63, 3.8) is 0 Å². The first-order chi connectivity index (χ1) is 19.4. The number of hydrogen-bond donors (Lipinski definition) is 0. The maximum atomic E-state index is 4.82. The Morgan fingerprint density at radius 1 is 0.548 bits per heavy atom. The molecule has 6 aromatic rings. The molecule has 0 fully saturated rings. The molecule has 0 aliphatic carbocycles. The molecule has 2 nitrogen and oxygen atoms in total. The van der Waals surface area contributed by atoms with Crippen LogP contribution in [-0.4, -0.2) is 9.97 Å². The fourth-order valence-electron chi connectivity index (χ4n) is 5.06. The number of rotatable bonds is 5. The van der Waals surface area contributed by atoms with Gasteiger partial charge in [-0.3, -0.25) is 0 Å². The Kier molecular flexibility index (Phi) is 11.0. The molecule has 2 heterocycles.